The monoisotopic (exact) mass is 409 g/mol. The van der Waals surface area contributed by atoms with Crippen LogP contribution in [0.3, 0.4) is 0 Å². The molecular formula is C21H19N3O6. The Labute approximate surface area is 171 Å². The number of carbonyl (C=O) groups excluding carboxylic acids is 3. The third-order valence-corrected chi connectivity index (χ3v) is 4.54. The summed E-state index contributed by atoms with van der Waals surface area (Å²) in [7, 11) is 1.50. The molecule has 3 rings (SSSR count). The molecule has 1 atom stereocenters. The lowest BCUT2D eigenvalue weighted by atomic mass is 9.99. The van der Waals surface area contributed by atoms with Crippen LogP contribution in [0.1, 0.15) is 17.3 Å². The number of urea groups is 1. The van der Waals surface area contributed by atoms with E-state index in [9.17, 15) is 19.2 Å². The van der Waals surface area contributed by atoms with Crippen molar-refractivity contribution in [1.82, 2.24) is 5.32 Å². The van der Waals surface area contributed by atoms with E-state index < -0.39 is 29.7 Å². The zero-order valence-electron chi connectivity index (χ0n) is 16.2. The van der Waals surface area contributed by atoms with Gasteiger partial charge in [-0.25, -0.2) is 14.5 Å². The van der Waals surface area contributed by atoms with Crippen molar-refractivity contribution in [2.45, 2.75) is 6.92 Å². The molecule has 0 bridgehead atoms. The maximum atomic E-state index is 13.1. The van der Waals surface area contributed by atoms with Crippen molar-refractivity contribution >= 4 is 35.2 Å². The number of anilines is 2. The Morgan fingerprint density at radius 1 is 1.10 bits per heavy atom. The number of nitrogens with one attached hydrogen (secondary N) is 2. The largest absolute Gasteiger partial charge is 0.497 e. The van der Waals surface area contributed by atoms with E-state index in [2.05, 4.69) is 10.6 Å². The second kappa shape index (κ2) is 8.48. The summed E-state index contributed by atoms with van der Waals surface area (Å²) in [6.07, 6.45) is 1.55. The van der Waals surface area contributed by atoms with Crippen LogP contribution in [0.4, 0.5) is 16.2 Å². The second-order valence-corrected chi connectivity index (χ2v) is 6.35. The number of methoxy groups -OCH3 is 1. The standard InChI is InChI=1S/C21H19N3O6/c1-3-16(22-13-6-4-12(5-7-13)20(27)28)17-18(25)23-21(29)24(19(17)26)14-8-10-15(30-2)11-9-14/h3-11,17,22H,1-2H3,(H,27,28)(H,23,25,29)/b16-3+/t17-/m0/s1. The number of benzene rings is 2. The molecule has 3 N–H and O–H groups in total. The molecule has 0 saturated carbocycles. The average molecular weight is 409 g/mol. The molecule has 1 fully saturated rings. The van der Waals surface area contributed by atoms with Crippen LogP contribution in [-0.4, -0.2) is 36.0 Å². The van der Waals surface area contributed by atoms with Gasteiger partial charge in [-0.2, -0.15) is 0 Å². The molecule has 9 nitrogen and oxygen atoms in total. The normalized spacial score (nSPS) is 16.9. The van der Waals surface area contributed by atoms with E-state index in [1.54, 1.807) is 25.1 Å². The van der Waals surface area contributed by atoms with E-state index in [4.69, 9.17) is 9.84 Å². The van der Waals surface area contributed by atoms with Crippen molar-refractivity contribution < 1.29 is 29.0 Å². The fourth-order valence-electron chi connectivity index (χ4n) is 3.00. The topological polar surface area (TPSA) is 125 Å². The van der Waals surface area contributed by atoms with Crippen LogP contribution in [0.5, 0.6) is 5.75 Å². The number of hydrogen-bond donors (Lipinski definition) is 3. The first-order valence-electron chi connectivity index (χ1n) is 8.95. The summed E-state index contributed by atoms with van der Waals surface area (Å²) >= 11 is 0. The van der Waals surface area contributed by atoms with Gasteiger partial charge < -0.3 is 15.2 Å². The molecule has 0 spiro atoms. The predicted molar refractivity (Wildman–Crippen MR) is 108 cm³/mol. The Morgan fingerprint density at radius 2 is 1.73 bits per heavy atom. The summed E-state index contributed by atoms with van der Waals surface area (Å²) in [5, 5.41) is 14.2. The maximum absolute atomic E-state index is 13.1. The molecular weight excluding hydrogens is 390 g/mol. The van der Waals surface area contributed by atoms with Gasteiger partial charge in [0.1, 0.15) is 5.75 Å². The zero-order chi connectivity index (χ0) is 21.8. The number of hydrogen-bond acceptors (Lipinski definition) is 6. The van der Waals surface area contributed by atoms with Crippen LogP contribution in [0, 0.1) is 5.92 Å². The lowest BCUT2D eigenvalue weighted by Gasteiger charge is -2.31. The van der Waals surface area contributed by atoms with Gasteiger partial charge in [0.05, 0.1) is 18.4 Å². The lowest BCUT2D eigenvalue weighted by Crippen LogP contribution is -2.59. The number of rotatable bonds is 6. The van der Waals surface area contributed by atoms with E-state index in [0.717, 1.165) is 4.90 Å². The summed E-state index contributed by atoms with van der Waals surface area (Å²) in [6, 6.07) is 11.3. The Morgan fingerprint density at radius 3 is 2.27 bits per heavy atom. The molecule has 2 aromatic rings. The van der Waals surface area contributed by atoms with Gasteiger partial charge in [-0.15, -0.1) is 0 Å². The quantitative estimate of drug-likeness (QED) is 0.626. The molecule has 1 saturated heterocycles. The summed E-state index contributed by atoms with van der Waals surface area (Å²) in [4.78, 5) is 49.8. The van der Waals surface area contributed by atoms with Crippen molar-refractivity contribution in [3.63, 3.8) is 0 Å². The molecule has 1 aliphatic heterocycles. The smallest absolute Gasteiger partial charge is 0.335 e. The van der Waals surface area contributed by atoms with Crippen LogP contribution < -0.4 is 20.3 Å². The first-order chi connectivity index (χ1) is 14.3. The molecule has 1 heterocycles. The molecule has 0 aliphatic carbocycles. The molecule has 0 radical (unpaired) electrons. The number of imide groups is 2. The molecule has 0 unspecified atom stereocenters. The second-order valence-electron chi connectivity index (χ2n) is 6.35. The highest BCUT2D eigenvalue weighted by molar-refractivity contribution is 6.29. The molecule has 9 heteroatoms. The van der Waals surface area contributed by atoms with Gasteiger partial charge in [0.2, 0.25) is 5.91 Å². The van der Waals surface area contributed by atoms with Gasteiger partial charge in [-0.05, 0) is 55.5 Å². The van der Waals surface area contributed by atoms with Gasteiger partial charge >= 0.3 is 12.0 Å². The van der Waals surface area contributed by atoms with Crippen molar-refractivity contribution in [1.29, 1.82) is 0 Å². The average Bonchev–Trinajstić information content (AvgIpc) is 2.73. The molecule has 30 heavy (non-hydrogen) atoms. The highest BCUT2D eigenvalue weighted by Gasteiger charge is 2.43. The highest BCUT2D eigenvalue weighted by Crippen LogP contribution is 2.27. The van der Waals surface area contributed by atoms with Gasteiger partial charge in [-0.1, -0.05) is 6.08 Å². The summed E-state index contributed by atoms with van der Waals surface area (Å²) in [5.41, 5.74) is 1.13. The minimum atomic E-state index is -1.28. The van der Waals surface area contributed by atoms with Crippen molar-refractivity contribution in [3.8, 4) is 5.75 Å². The van der Waals surface area contributed by atoms with E-state index in [-0.39, 0.29) is 16.9 Å². The molecule has 2 aromatic carbocycles. The lowest BCUT2D eigenvalue weighted by molar-refractivity contribution is -0.132. The number of aromatic carboxylic acids is 1. The van der Waals surface area contributed by atoms with Crippen LogP contribution in [0.25, 0.3) is 0 Å². The molecule has 0 aromatic heterocycles. The minimum absolute atomic E-state index is 0.102. The number of barbiturate groups is 1. The Bertz CT molecular complexity index is 1030. The van der Waals surface area contributed by atoms with Gasteiger partial charge in [0.15, 0.2) is 5.92 Å². The molecule has 154 valence electrons. The summed E-state index contributed by atoms with van der Waals surface area (Å²) < 4.78 is 5.08. The van der Waals surface area contributed by atoms with Crippen molar-refractivity contribution in [2.75, 3.05) is 17.3 Å². The maximum Gasteiger partial charge on any atom is 0.335 e. The minimum Gasteiger partial charge on any atom is -0.497 e. The predicted octanol–water partition coefficient (Wildman–Crippen LogP) is 2.61. The van der Waals surface area contributed by atoms with Crippen LogP contribution in [-0.2, 0) is 9.59 Å². The van der Waals surface area contributed by atoms with E-state index in [0.29, 0.717) is 11.4 Å². The number of nitrogens with zero attached hydrogens (tertiary/aromatic N) is 1. The van der Waals surface area contributed by atoms with E-state index >= 15 is 0 Å². The molecule has 1 aliphatic rings. The van der Waals surface area contributed by atoms with Crippen molar-refractivity contribution in [2.24, 2.45) is 5.92 Å². The fourth-order valence-corrected chi connectivity index (χ4v) is 3.00. The summed E-state index contributed by atoms with van der Waals surface area (Å²) in [6.45, 7) is 1.64. The number of ether oxygens (including phenoxy) is 1. The summed E-state index contributed by atoms with van der Waals surface area (Å²) in [5.74, 6) is -3.26. The SMILES string of the molecule is C/C=C(/Nc1ccc(C(=O)O)cc1)[C@H]1C(=O)NC(=O)N(c2ccc(OC)cc2)C1=O. The third kappa shape index (κ3) is 4.00. The number of amides is 4. The Kier molecular flexibility index (Phi) is 5.82. The van der Waals surface area contributed by atoms with E-state index in [1.165, 1.54) is 43.5 Å². The number of allylic oxidation sites excluding steroid dienone is 1. The van der Waals surface area contributed by atoms with E-state index in [1.807, 2.05) is 0 Å². The van der Waals surface area contributed by atoms with Crippen LogP contribution >= 0.6 is 0 Å². The number of carboxylic acid groups (broad SMARTS) is 1. The van der Waals surface area contributed by atoms with Crippen LogP contribution in [0.15, 0.2) is 60.3 Å². The van der Waals surface area contributed by atoms with Crippen LogP contribution in [0.2, 0.25) is 0 Å². The number of carbonyl (C=O) groups is 4. The van der Waals surface area contributed by atoms with Gasteiger partial charge in [-0.3, -0.25) is 14.9 Å². The first kappa shape index (κ1) is 20.6. The zero-order valence-corrected chi connectivity index (χ0v) is 16.2. The Balaban J connectivity index is 1.88. The van der Waals surface area contributed by atoms with Gasteiger partial charge in [0, 0.05) is 11.4 Å². The number of carboxylic acids is 1. The van der Waals surface area contributed by atoms with Crippen molar-refractivity contribution in [3.05, 3.63) is 65.9 Å². The third-order valence-electron chi connectivity index (χ3n) is 4.54. The highest BCUT2D eigenvalue weighted by atomic mass is 16.5. The van der Waals surface area contributed by atoms with Gasteiger partial charge in [0.25, 0.3) is 5.91 Å². The fraction of sp³-hybridized carbons (Fsp3) is 0.143. The molecule has 4 amide bonds. The Hall–Kier alpha value is -4.14. The first-order valence-corrected chi connectivity index (χ1v) is 8.95.